The van der Waals surface area contributed by atoms with Crippen LogP contribution in [0.3, 0.4) is 0 Å². The third kappa shape index (κ3) is 5.48. The maximum absolute atomic E-state index is 12.9. The van der Waals surface area contributed by atoms with Gasteiger partial charge in [-0.15, -0.1) is 0 Å². The van der Waals surface area contributed by atoms with Crippen molar-refractivity contribution in [3.05, 3.63) is 116 Å². The van der Waals surface area contributed by atoms with Gasteiger partial charge in [0.05, 0.1) is 28.3 Å². The second-order valence-electron chi connectivity index (χ2n) is 8.21. The Bertz CT molecular complexity index is 1370. The van der Waals surface area contributed by atoms with Crippen LogP contribution in [0.4, 0.5) is 0 Å². The smallest absolute Gasteiger partial charge is 0.173 e. The van der Waals surface area contributed by atoms with Gasteiger partial charge in [-0.05, 0) is 42.7 Å². The number of rotatable bonds is 7. The van der Waals surface area contributed by atoms with E-state index in [1.54, 1.807) is 0 Å². The lowest BCUT2D eigenvalue weighted by Gasteiger charge is -2.29. The summed E-state index contributed by atoms with van der Waals surface area (Å²) in [4.78, 5) is 25.5. The normalized spacial score (nSPS) is 15.4. The van der Waals surface area contributed by atoms with Crippen molar-refractivity contribution in [1.29, 1.82) is 5.26 Å². The van der Waals surface area contributed by atoms with Crippen LogP contribution in [0.2, 0.25) is 0 Å². The summed E-state index contributed by atoms with van der Waals surface area (Å²) in [6.45, 7) is 3.35. The van der Waals surface area contributed by atoms with E-state index in [1.165, 1.54) is 18.7 Å². The van der Waals surface area contributed by atoms with Crippen molar-refractivity contribution < 1.29 is 9.59 Å². The molecule has 3 aromatic rings. The van der Waals surface area contributed by atoms with E-state index in [0.717, 1.165) is 21.2 Å². The average molecular weight is 543 g/mol. The van der Waals surface area contributed by atoms with Crippen LogP contribution in [0.1, 0.15) is 35.7 Å². The van der Waals surface area contributed by atoms with Gasteiger partial charge in [0.15, 0.2) is 11.6 Å². The van der Waals surface area contributed by atoms with E-state index < -0.39 is 5.92 Å². The maximum atomic E-state index is 12.9. The Morgan fingerprint density at radius 3 is 2.20 bits per heavy atom. The first-order valence-corrected chi connectivity index (χ1v) is 12.9. The fourth-order valence-electron chi connectivity index (χ4n) is 4.18. The summed E-state index contributed by atoms with van der Waals surface area (Å²) in [6, 6.07) is 27.5. The summed E-state index contributed by atoms with van der Waals surface area (Å²) in [5.41, 5.74) is 5.33. The molecule has 0 bridgehead atoms. The van der Waals surface area contributed by atoms with Crippen LogP contribution in [-0.2, 0) is 4.79 Å². The summed E-state index contributed by atoms with van der Waals surface area (Å²) in [5, 5.41) is 13.9. The number of nitriles is 1. The van der Waals surface area contributed by atoms with Crippen molar-refractivity contribution in [2.24, 2.45) is 0 Å². The Labute approximate surface area is 217 Å². The Morgan fingerprint density at radius 2 is 1.60 bits per heavy atom. The molecule has 0 amide bonds. The minimum atomic E-state index is -0.477. The van der Waals surface area contributed by atoms with E-state index in [0.29, 0.717) is 27.4 Å². The summed E-state index contributed by atoms with van der Waals surface area (Å²) < 4.78 is 0.918. The second-order valence-corrected chi connectivity index (χ2v) is 10.1. The summed E-state index contributed by atoms with van der Waals surface area (Å²) in [7, 11) is 0. The lowest BCUT2D eigenvalue weighted by molar-refractivity contribution is -0.113. The van der Waals surface area contributed by atoms with Gasteiger partial charge in [-0.2, -0.15) is 5.26 Å². The molecule has 1 unspecified atom stereocenters. The summed E-state index contributed by atoms with van der Waals surface area (Å²) in [6.07, 6.45) is 0. The zero-order valence-electron chi connectivity index (χ0n) is 19.3. The zero-order chi connectivity index (χ0) is 24.9. The quantitative estimate of drug-likeness (QED) is 0.325. The van der Waals surface area contributed by atoms with Crippen LogP contribution in [-0.4, -0.2) is 17.3 Å². The first-order chi connectivity index (χ1) is 16.9. The molecular formula is C29H23BrN2O2S. The van der Waals surface area contributed by atoms with Gasteiger partial charge in [-0.3, -0.25) is 9.59 Å². The van der Waals surface area contributed by atoms with E-state index in [9.17, 15) is 14.9 Å². The number of benzene rings is 3. The van der Waals surface area contributed by atoms with Crippen molar-refractivity contribution in [1.82, 2.24) is 5.32 Å². The average Bonchev–Trinajstić information content (AvgIpc) is 2.87. The minimum absolute atomic E-state index is 0.0274. The topological polar surface area (TPSA) is 70.0 Å². The number of nitrogens with one attached hydrogen (secondary N) is 1. The molecule has 35 heavy (non-hydrogen) atoms. The summed E-state index contributed by atoms with van der Waals surface area (Å²) >= 11 is 4.73. The highest BCUT2D eigenvalue weighted by Gasteiger charge is 2.33. The van der Waals surface area contributed by atoms with Crippen LogP contribution >= 0.6 is 27.7 Å². The number of carbonyl (C=O) groups excluding carboxylic acids is 2. The fourth-order valence-corrected chi connectivity index (χ4v) is 5.43. The molecule has 0 spiro atoms. The molecule has 1 N–H and O–H groups in total. The van der Waals surface area contributed by atoms with Crippen molar-refractivity contribution >= 4 is 39.3 Å². The number of allylic oxidation sites excluding steroid dienone is 3. The first-order valence-electron chi connectivity index (χ1n) is 11.1. The number of nitrogens with zero attached hydrogens (tertiary/aromatic N) is 1. The van der Waals surface area contributed by atoms with Crippen molar-refractivity contribution in [3.63, 3.8) is 0 Å². The minimum Gasteiger partial charge on any atom is -0.353 e. The molecule has 3 aromatic carbocycles. The molecule has 4 nitrogen and oxygen atoms in total. The molecule has 1 aliphatic heterocycles. The van der Waals surface area contributed by atoms with E-state index in [-0.39, 0.29) is 17.3 Å². The predicted octanol–water partition coefficient (Wildman–Crippen LogP) is 7.02. The molecule has 1 heterocycles. The van der Waals surface area contributed by atoms with Crippen molar-refractivity contribution in [3.8, 4) is 17.2 Å². The Kier molecular flexibility index (Phi) is 7.70. The molecule has 0 fully saturated rings. The number of hydrogen-bond acceptors (Lipinski definition) is 5. The Hall–Kier alpha value is -3.40. The lowest BCUT2D eigenvalue weighted by atomic mass is 9.81. The van der Waals surface area contributed by atoms with Crippen LogP contribution in [0.25, 0.3) is 11.1 Å². The summed E-state index contributed by atoms with van der Waals surface area (Å²) in [5.74, 6) is -0.419. The molecule has 1 atom stereocenters. The lowest BCUT2D eigenvalue weighted by Crippen LogP contribution is -2.27. The molecule has 6 heteroatoms. The Morgan fingerprint density at radius 1 is 0.971 bits per heavy atom. The predicted molar refractivity (Wildman–Crippen MR) is 145 cm³/mol. The molecule has 1 aliphatic rings. The standard InChI is InChI=1S/C29H23BrN2O2S/c1-18-27(19(2)33)28(23-12-14-24(30)15-13-23)25(16-31)29(32-18)35-17-26(34)22-10-8-21(9-11-22)20-6-4-3-5-7-20/h3-15,28,32H,17H2,1-2H3. The van der Waals surface area contributed by atoms with Gasteiger partial charge in [0.25, 0.3) is 0 Å². The molecular weight excluding hydrogens is 520 g/mol. The first kappa shape index (κ1) is 24.7. The van der Waals surface area contributed by atoms with Crippen LogP contribution < -0.4 is 5.32 Å². The monoisotopic (exact) mass is 542 g/mol. The number of carbonyl (C=O) groups is 2. The molecule has 0 aromatic heterocycles. The number of thioether (sulfide) groups is 1. The van der Waals surface area contributed by atoms with Gasteiger partial charge in [0, 0.05) is 21.3 Å². The number of ketones is 2. The van der Waals surface area contributed by atoms with Gasteiger partial charge < -0.3 is 5.32 Å². The molecule has 0 saturated carbocycles. The molecule has 4 rings (SSSR count). The van der Waals surface area contributed by atoms with Gasteiger partial charge in [-0.1, -0.05) is 94.4 Å². The highest BCUT2D eigenvalue weighted by molar-refractivity contribution is 9.10. The zero-order valence-corrected chi connectivity index (χ0v) is 21.7. The molecule has 0 aliphatic carbocycles. The Balaban J connectivity index is 1.57. The van der Waals surface area contributed by atoms with Crippen molar-refractivity contribution in [2.45, 2.75) is 19.8 Å². The fraction of sp³-hybridized carbons (Fsp3) is 0.138. The third-order valence-electron chi connectivity index (χ3n) is 5.89. The van der Waals surface area contributed by atoms with Gasteiger partial charge >= 0.3 is 0 Å². The number of dihydropyridines is 1. The van der Waals surface area contributed by atoms with Crippen LogP contribution in [0.5, 0.6) is 0 Å². The van der Waals surface area contributed by atoms with E-state index in [4.69, 9.17) is 0 Å². The van der Waals surface area contributed by atoms with Crippen LogP contribution in [0.15, 0.2) is 105 Å². The number of hydrogen-bond donors (Lipinski definition) is 1. The largest absolute Gasteiger partial charge is 0.353 e. The van der Waals surface area contributed by atoms with Gasteiger partial charge in [-0.25, -0.2) is 0 Å². The second kappa shape index (κ2) is 10.9. The van der Waals surface area contributed by atoms with Gasteiger partial charge in [0.1, 0.15) is 0 Å². The van der Waals surface area contributed by atoms with Gasteiger partial charge in [0.2, 0.25) is 0 Å². The molecule has 0 radical (unpaired) electrons. The number of Topliss-reactive ketones (excluding diaryl/α,β-unsaturated/α-hetero) is 2. The number of halogens is 1. The third-order valence-corrected chi connectivity index (χ3v) is 7.44. The van der Waals surface area contributed by atoms with Crippen molar-refractivity contribution in [2.75, 3.05) is 5.75 Å². The van der Waals surface area contributed by atoms with Crippen LogP contribution in [0, 0.1) is 11.3 Å². The van der Waals surface area contributed by atoms with E-state index in [2.05, 4.69) is 27.3 Å². The van der Waals surface area contributed by atoms with E-state index in [1.807, 2.05) is 85.8 Å². The van der Waals surface area contributed by atoms with E-state index >= 15 is 0 Å². The molecule has 174 valence electrons. The maximum Gasteiger partial charge on any atom is 0.173 e. The molecule has 0 saturated heterocycles. The SMILES string of the molecule is CC(=O)C1=C(C)NC(SCC(=O)c2ccc(-c3ccccc3)cc2)=C(C#N)C1c1ccc(Br)cc1. The highest BCUT2D eigenvalue weighted by atomic mass is 79.9. The highest BCUT2D eigenvalue weighted by Crippen LogP contribution is 2.41.